The maximum atomic E-state index is 10.7. The number of rotatable bonds is 4. The summed E-state index contributed by atoms with van der Waals surface area (Å²) in [6.07, 6.45) is 0. The van der Waals surface area contributed by atoms with Crippen LogP contribution in [0.1, 0.15) is 5.56 Å². The fourth-order valence-electron chi connectivity index (χ4n) is 1.88. The van der Waals surface area contributed by atoms with Gasteiger partial charge in [-0.3, -0.25) is 10.1 Å². The largest absolute Gasteiger partial charge is 0.423 e. The summed E-state index contributed by atoms with van der Waals surface area (Å²) in [5, 5.41) is 13.7. The van der Waals surface area contributed by atoms with E-state index in [0.29, 0.717) is 23.7 Å². The number of anilines is 1. The third kappa shape index (κ3) is 2.44. The van der Waals surface area contributed by atoms with Gasteiger partial charge in [0, 0.05) is 12.6 Å². The molecule has 20 heavy (non-hydrogen) atoms. The number of oxazole rings is 1. The minimum absolute atomic E-state index is 0.0109. The number of nitro benzene ring substituents is 1. The molecule has 0 radical (unpaired) electrons. The third-order valence-electron chi connectivity index (χ3n) is 2.87. The number of fused-ring (bicyclic) bond motifs is 1. The Bertz CT molecular complexity index is 753. The van der Waals surface area contributed by atoms with Crippen molar-refractivity contribution < 1.29 is 9.34 Å². The maximum Gasteiger partial charge on any atom is 0.295 e. The molecule has 3 rings (SSSR count). The number of benzene rings is 2. The quantitative estimate of drug-likeness (QED) is 0.580. The molecule has 0 atom stereocenters. The van der Waals surface area contributed by atoms with Gasteiger partial charge in [-0.2, -0.15) is 4.98 Å². The molecule has 100 valence electrons. The summed E-state index contributed by atoms with van der Waals surface area (Å²) in [6, 6.07) is 14.5. The monoisotopic (exact) mass is 269 g/mol. The highest BCUT2D eigenvalue weighted by atomic mass is 16.6. The lowest BCUT2D eigenvalue weighted by molar-refractivity contribution is -0.384. The molecule has 2 aromatic carbocycles. The van der Waals surface area contributed by atoms with Gasteiger partial charge in [0.25, 0.3) is 11.7 Å². The number of aromatic nitrogens is 1. The molecule has 0 bridgehead atoms. The van der Waals surface area contributed by atoms with Gasteiger partial charge >= 0.3 is 0 Å². The van der Waals surface area contributed by atoms with Gasteiger partial charge in [0.05, 0.1) is 11.0 Å². The molecule has 0 amide bonds. The fourth-order valence-corrected chi connectivity index (χ4v) is 1.88. The van der Waals surface area contributed by atoms with Crippen molar-refractivity contribution in [1.82, 2.24) is 4.98 Å². The van der Waals surface area contributed by atoms with E-state index in [0.717, 1.165) is 5.56 Å². The molecule has 0 aliphatic rings. The van der Waals surface area contributed by atoms with Crippen molar-refractivity contribution in [3.05, 3.63) is 64.2 Å². The van der Waals surface area contributed by atoms with Crippen molar-refractivity contribution in [3.63, 3.8) is 0 Å². The number of nitrogens with zero attached hydrogens (tertiary/aromatic N) is 2. The molecule has 1 N–H and O–H groups in total. The van der Waals surface area contributed by atoms with E-state index in [1.54, 1.807) is 6.07 Å². The molecule has 0 aliphatic carbocycles. The fraction of sp³-hybridized carbons (Fsp3) is 0.0714. The van der Waals surface area contributed by atoms with Crippen molar-refractivity contribution in [2.45, 2.75) is 6.54 Å². The Labute approximate surface area is 114 Å². The number of non-ortho nitro benzene ring substituents is 1. The summed E-state index contributed by atoms with van der Waals surface area (Å²) in [7, 11) is 0. The van der Waals surface area contributed by atoms with Gasteiger partial charge in [0.2, 0.25) is 0 Å². The van der Waals surface area contributed by atoms with Crippen LogP contribution in [0, 0.1) is 10.1 Å². The van der Waals surface area contributed by atoms with E-state index >= 15 is 0 Å². The zero-order valence-electron chi connectivity index (χ0n) is 10.4. The van der Waals surface area contributed by atoms with E-state index in [2.05, 4.69) is 10.3 Å². The topological polar surface area (TPSA) is 81.2 Å². The van der Waals surface area contributed by atoms with E-state index in [1.807, 2.05) is 30.3 Å². The van der Waals surface area contributed by atoms with Crippen LogP contribution in [0.2, 0.25) is 0 Å². The molecular formula is C14H11N3O3. The summed E-state index contributed by atoms with van der Waals surface area (Å²) in [6.45, 7) is 0.579. The maximum absolute atomic E-state index is 10.7. The average molecular weight is 269 g/mol. The highest BCUT2D eigenvalue weighted by Crippen LogP contribution is 2.23. The number of nitro groups is 1. The summed E-state index contributed by atoms with van der Waals surface area (Å²) in [4.78, 5) is 14.5. The lowest BCUT2D eigenvalue weighted by atomic mass is 10.2. The minimum atomic E-state index is -0.459. The molecule has 0 spiro atoms. The van der Waals surface area contributed by atoms with Crippen LogP contribution in [0.15, 0.2) is 52.9 Å². The van der Waals surface area contributed by atoms with Crippen LogP contribution >= 0.6 is 0 Å². The summed E-state index contributed by atoms with van der Waals surface area (Å²) < 4.78 is 5.45. The van der Waals surface area contributed by atoms with Crippen molar-refractivity contribution in [2.24, 2.45) is 0 Å². The van der Waals surface area contributed by atoms with Gasteiger partial charge in [0.15, 0.2) is 5.58 Å². The second kappa shape index (κ2) is 5.00. The van der Waals surface area contributed by atoms with Crippen LogP contribution in [0.5, 0.6) is 0 Å². The Morgan fingerprint density at radius 1 is 1.20 bits per heavy atom. The van der Waals surface area contributed by atoms with Crippen LogP contribution in [0.4, 0.5) is 11.7 Å². The van der Waals surface area contributed by atoms with Crippen LogP contribution < -0.4 is 5.32 Å². The molecule has 1 aromatic heterocycles. The zero-order valence-corrected chi connectivity index (χ0v) is 10.4. The standard InChI is InChI=1S/C14H11N3O3/c18-17(19)11-6-7-12-13(8-11)20-14(16-12)15-9-10-4-2-1-3-5-10/h1-8H,9H2,(H,15,16). The SMILES string of the molecule is O=[N+]([O-])c1ccc2nc(NCc3ccccc3)oc2c1. The van der Waals surface area contributed by atoms with Crippen molar-refractivity contribution in [1.29, 1.82) is 0 Å². The Hall–Kier alpha value is -2.89. The molecule has 0 fully saturated rings. The van der Waals surface area contributed by atoms with Crippen LogP contribution in [0.3, 0.4) is 0 Å². The first-order chi connectivity index (χ1) is 9.72. The molecular weight excluding hydrogens is 258 g/mol. The van der Waals surface area contributed by atoms with Crippen LogP contribution in [-0.2, 0) is 6.54 Å². The van der Waals surface area contributed by atoms with E-state index in [1.165, 1.54) is 12.1 Å². The van der Waals surface area contributed by atoms with Gasteiger partial charge in [-0.05, 0) is 11.6 Å². The first kappa shape index (κ1) is 12.2. The predicted molar refractivity (Wildman–Crippen MR) is 74.4 cm³/mol. The Balaban J connectivity index is 1.80. The highest BCUT2D eigenvalue weighted by Gasteiger charge is 2.11. The Morgan fingerprint density at radius 2 is 2.00 bits per heavy atom. The molecule has 3 aromatic rings. The zero-order chi connectivity index (χ0) is 13.9. The normalized spacial score (nSPS) is 10.6. The van der Waals surface area contributed by atoms with E-state index in [-0.39, 0.29) is 5.69 Å². The molecule has 6 nitrogen and oxygen atoms in total. The average Bonchev–Trinajstić information content (AvgIpc) is 2.88. The smallest absolute Gasteiger partial charge is 0.295 e. The second-order valence-electron chi connectivity index (χ2n) is 4.27. The predicted octanol–water partition coefficient (Wildman–Crippen LogP) is 3.35. The van der Waals surface area contributed by atoms with Gasteiger partial charge in [-0.1, -0.05) is 30.3 Å². The van der Waals surface area contributed by atoms with E-state index in [9.17, 15) is 10.1 Å². The lowest BCUT2D eigenvalue weighted by Gasteiger charge is -2.00. The summed E-state index contributed by atoms with van der Waals surface area (Å²) in [5.41, 5.74) is 2.07. The molecule has 1 heterocycles. The Morgan fingerprint density at radius 3 is 2.75 bits per heavy atom. The molecule has 0 saturated heterocycles. The lowest BCUT2D eigenvalue weighted by Crippen LogP contribution is -1.98. The molecule has 0 saturated carbocycles. The summed E-state index contributed by atoms with van der Waals surface area (Å²) >= 11 is 0. The first-order valence-corrected chi connectivity index (χ1v) is 6.05. The Kier molecular flexibility index (Phi) is 3.04. The van der Waals surface area contributed by atoms with Crippen molar-refractivity contribution in [2.75, 3.05) is 5.32 Å². The highest BCUT2D eigenvalue weighted by molar-refractivity contribution is 5.77. The van der Waals surface area contributed by atoms with E-state index < -0.39 is 4.92 Å². The van der Waals surface area contributed by atoms with Gasteiger partial charge < -0.3 is 9.73 Å². The number of nitrogens with one attached hydrogen (secondary N) is 1. The van der Waals surface area contributed by atoms with Crippen molar-refractivity contribution in [3.8, 4) is 0 Å². The third-order valence-corrected chi connectivity index (χ3v) is 2.87. The first-order valence-electron chi connectivity index (χ1n) is 6.05. The van der Waals surface area contributed by atoms with Gasteiger partial charge in [-0.25, -0.2) is 0 Å². The summed E-state index contributed by atoms with van der Waals surface area (Å²) in [5.74, 6) is 0. The van der Waals surface area contributed by atoms with Gasteiger partial charge in [-0.15, -0.1) is 0 Å². The van der Waals surface area contributed by atoms with Crippen LogP contribution in [0.25, 0.3) is 11.1 Å². The number of hydrogen-bond acceptors (Lipinski definition) is 5. The van der Waals surface area contributed by atoms with Crippen molar-refractivity contribution >= 4 is 22.8 Å². The number of hydrogen-bond donors (Lipinski definition) is 1. The molecule has 6 heteroatoms. The minimum Gasteiger partial charge on any atom is -0.423 e. The second-order valence-corrected chi connectivity index (χ2v) is 4.27. The van der Waals surface area contributed by atoms with Gasteiger partial charge in [0.1, 0.15) is 5.52 Å². The van der Waals surface area contributed by atoms with Crippen LogP contribution in [-0.4, -0.2) is 9.91 Å². The van der Waals surface area contributed by atoms with E-state index in [4.69, 9.17) is 4.42 Å². The molecule has 0 aliphatic heterocycles. The molecule has 0 unspecified atom stereocenters.